The average Bonchev–Trinajstić information content (AvgIpc) is 2.36. The molecule has 0 aliphatic carbocycles. The topological polar surface area (TPSA) is 33.3 Å². The molecule has 0 aromatic heterocycles. The molecule has 0 radical (unpaired) electrons. The van der Waals surface area contributed by atoms with E-state index in [0.29, 0.717) is 6.04 Å². The van der Waals surface area contributed by atoms with Crippen molar-refractivity contribution in [1.82, 2.24) is 10.6 Å². The van der Waals surface area contributed by atoms with Crippen LogP contribution in [0, 0.1) is 0 Å². The maximum absolute atomic E-state index is 5.85. The number of fused-ring (bicyclic) bond motifs is 1. The summed E-state index contributed by atoms with van der Waals surface area (Å²) >= 11 is 0. The third-order valence-corrected chi connectivity index (χ3v) is 3.25. The highest BCUT2D eigenvalue weighted by Gasteiger charge is 2.20. The molecule has 17 heavy (non-hydrogen) atoms. The highest BCUT2D eigenvalue weighted by molar-refractivity contribution is 5.31. The van der Waals surface area contributed by atoms with Gasteiger partial charge in [-0.25, -0.2) is 0 Å². The lowest BCUT2D eigenvalue weighted by Crippen LogP contribution is -2.38. The van der Waals surface area contributed by atoms with E-state index in [4.69, 9.17) is 4.74 Å². The Balaban J connectivity index is 1.94. The number of nitrogens with one attached hydrogen (secondary N) is 2. The zero-order valence-electron chi connectivity index (χ0n) is 10.7. The molecule has 1 aliphatic rings. The second kappa shape index (κ2) is 6.15. The molecule has 1 heterocycles. The van der Waals surface area contributed by atoms with Crippen molar-refractivity contribution in [2.45, 2.75) is 25.5 Å². The number of hydrogen-bond acceptors (Lipinski definition) is 3. The van der Waals surface area contributed by atoms with Crippen LogP contribution in [0.25, 0.3) is 0 Å². The molecule has 2 unspecified atom stereocenters. The van der Waals surface area contributed by atoms with E-state index in [1.54, 1.807) is 0 Å². The first-order valence-electron chi connectivity index (χ1n) is 6.38. The van der Waals surface area contributed by atoms with Crippen LogP contribution in [0.5, 0.6) is 0 Å². The van der Waals surface area contributed by atoms with Gasteiger partial charge in [-0.1, -0.05) is 24.3 Å². The fourth-order valence-electron chi connectivity index (χ4n) is 2.33. The molecule has 3 nitrogen and oxygen atoms in total. The van der Waals surface area contributed by atoms with Crippen molar-refractivity contribution in [2.75, 3.05) is 26.7 Å². The summed E-state index contributed by atoms with van der Waals surface area (Å²) in [6, 6.07) is 9.07. The molecule has 1 aromatic rings. The predicted octanol–water partition coefficient (Wildman–Crippen LogP) is 1.50. The fourth-order valence-corrected chi connectivity index (χ4v) is 2.33. The third-order valence-electron chi connectivity index (χ3n) is 3.25. The summed E-state index contributed by atoms with van der Waals surface area (Å²) < 4.78 is 5.85. The van der Waals surface area contributed by atoms with E-state index >= 15 is 0 Å². The van der Waals surface area contributed by atoms with Gasteiger partial charge in [-0.3, -0.25) is 0 Å². The van der Waals surface area contributed by atoms with Crippen LogP contribution in [0.15, 0.2) is 24.3 Å². The normalized spacial score (nSPS) is 20.9. The maximum Gasteiger partial charge on any atom is 0.0952 e. The van der Waals surface area contributed by atoms with Gasteiger partial charge in [-0.2, -0.15) is 0 Å². The van der Waals surface area contributed by atoms with Crippen molar-refractivity contribution in [3.63, 3.8) is 0 Å². The lowest BCUT2D eigenvalue weighted by atomic mass is 9.97. The van der Waals surface area contributed by atoms with Crippen molar-refractivity contribution in [2.24, 2.45) is 0 Å². The molecule has 94 valence electrons. The molecule has 0 bridgehead atoms. The van der Waals surface area contributed by atoms with Gasteiger partial charge >= 0.3 is 0 Å². The van der Waals surface area contributed by atoms with Crippen LogP contribution in [-0.2, 0) is 11.2 Å². The van der Waals surface area contributed by atoms with Gasteiger partial charge in [-0.05, 0) is 31.5 Å². The Bertz CT molecular complexity index is 354. The van der Waals surface area contributed by atoms with Gasteiger partial charge in [-0.15, -0.1) is 0 Å². The van der Waals surface area contributed by atoms with Gasteiger partial charge in [0.05, 0.1) is 12.7 Å². The molecule has 1 aliphatic heterocycles. The molecular formula is C14H22N2O. The summed E-state index contributed by atoms with van der Waals surface area (Å²) in [5.41, 5.74) is 2.79. The summed E-state index contributed by atoms with van der Waals surface area (Å²) in [7, 11) is 1.98. The van der Waals surface area contributed by atoms with Crippen LogP contribution in [0.2, 0.25) is 0 Å². The minimum atomic E-state index is 0.208. The van der Waals surface area contributed by atoms with Gasteiger partial charge in [0.1, 0.15) is 0 Å². The second-order valence-corrected chi connectivity index (χ2v) is 4.68. The van der Waals surface area contributed by atoms with E-state index in [2.05, 4.69) is 41.8 Å². The fraction of sp³-hybridized carbons (Fsp3) is 0.571. The van der Waals surface area contributed by atoms with Crippen molar-refractivity contribution in [1.29, 1.82) is 0 Å². The Morgan fingerprint density at radius 3 is 3.06 bits per heavy atom. The highest BCUT2D eigenvalue weighted by atomic mass is 16.5. The van der Waals surface area contributed by atoms with E-state index in [1.807, 2.05) is 7.05 Å². The molecule has 0 amide bonds. The van der Waals surface area contributed by atoms with Crippen LogP contribution in [-0.4, -0.2) is 32.8 Å². The SMILES string of the molecule is CNCC(C)NCC1OCCc2ccccc21. The Morgan fingerprint density at radius 1 is 1.41 bits per heavy atom. The molecule has 0 saturated carbocycles. The molecule has 3 heteroatoms. The Kier molecular flexibility index (Phi) is 4.54. The third kappa shape index (κ3) is 3.28. The number of ether oxygens (including phenoxy) is 1. The molecule has 2 atom stereocenters. The lowest BCUT2D eigenvalue weighted by molar-refractivity contribution is 0.0410. The zero-order chi connectivity index (χ0) is 12.1. The van der Waals surface area contributed by atoms with Crippen LogP contribution in [0.4, 0.5) is 0 Å². The Hall–Kier alpha value is -0.900. The van der Waals surface area contributed by atoms with E-state index in [1.165, 1.54) is 11.1 Å². The monoisotopic (exact) mass is 234 g/mol. The summed E-state index contributed by atoms with van der Waals surface area (Å²) in [4.78, 5) is 0. The average molecular weight is 234 g/mol. The summed E-state index contributed by atoms with van der Waals surface area (Å²) in [5, 5.41) is 6.68. The maximum atomic E-state index is 5.85. The van der Waals surface area contributed by atoms with E-state index < -0.39 is 0 Å². The highest BCUT2D eigenvalue weighted by Crippen LogP contribution is 2.26. The quantitative estimate of drug-likeness (QED) is 0.810. The van der Waals surface area contributed by atoms with Crippen molar-refractivity contribution in [3.05, 3.63) is 35.4 Å². The number of likely N-dealkylation sites (N-methyl/N-ethyl adjacent to an activating group) is 1. The van der Waals surface area contributed by atoms with Gasteiger partial charge in [0.2, 0.25) is 0 Å². The van der Waals surface area contributed by atoms with Gasteiger partial charge in [0, 0.05) is 19.1 Å². The van der Waals surface area contributed by atoms with Crippen LogP contribution >= 0.6 is 0 Å². The number of rotatable bonds is 5. The van der Waals surface area contributed by atoms with Crippen LogP contribution in [0.1, 0.15) is 24.2 Å². The van der Waals surface area contributed by atoms with Crippen LogP contribution < -0.4 is 10.6 Å². The first-order chi connectivity index (χ1) is 8.31. The smallest absolute Gasteiger partial charge is 0.0952 e. The van der Waals surface area contributed by atoms with Gasteiger partial charge in [0.25, 0.3) is 0 Å². The van der Waals surface area contributed by atoms with Crippen molar-refractivity contribution >= 4 is 0 Å². The lowest BCUT2D eigenvalue weighted by Gasteiger charge is -2.27. The summed E-state index contributed by atoms with van der Waals surface area (Å²) in [5.74, 6) is 0. The van der Waals surface area contributed by atoms with Gasteiger partial charge < -0.3 is 15.4 Å². The Labute approximate surface area is 104 Å². The molecule has 0 saturated heterocycles. The molecule has 1 aromatic carbocycles. The molecule has 2 rings (SSSR count). The first kappa shape index (κ1) is 12.6. The summed E-state index contributed by atoms with van der Waals surface area (Å²) in [6.07, 6.45) is 1.25. The predicted molar refractivity (Wildman–Crippen MR) is 70.2 cm³/mol. The standard InChI is InChI=1S/C14H22N2O/c1-11(9-15-2)16-10-14-13-6-4-3-5-12(13)7-8-17-14/h3-6,11,14-16H,7-10H2,1-2H3. The number of hydrogen-bond donors (Lipinski definition) is 2. The summed E-state index contributed by atoms with van der Waals surface area (Å²) in [6.45, 7) is 4.89. The van der Waals surface area contributed by atoms with Crippen LogP contribution in [0.3, 0.4) is 0 Å². The van der Waals surface area contributed by atoms with Crippen molar-refractivity contribution < 1.29 is 4.74 Å². The molecule has 0 fully saturated rings. The second-order valence-electron chi connectivity index (χ2n) is 4.68. The minimum absolute atomic E-state index is 0.208. The minimum Gasteiger partial charge on any atom is -0.372 e. The zero-order valence-corrected chi connectivity index (χ0v) is 10.7. The Morgan fingerprint density at radius 2 is 2.24 bits per heavy atom. The molecular weight excluding hydrogens is 212 g/mol. The molecule has 0 spiro atoms. The largest absolute Gasteiger partial charge is 0.372 e. The van der Waals surface area contributed by atoms with Gasteiger partial charge in [0.15, 0.2) is 0 Å². The van der Waals surface area contributed by atoms with Crippen molar-refractivity contribution in [3.8, 4) is 0 Å². The van der Waals surface area contributed by atoms with E-state index in [0.717, 1.165) is 26.1 Å². The molecule has 2 N–H and O–H groups in total. The number of benzene rings is 1. The van der Waals surface area contributed by atoms with E-state index in [-0.39, 0.29) is 6.10 Å². The first-order valence-corrected chi connectivity index (χ1v) is 6.38. The van der Waals surface area contributed by atoms with E-state index in [9.17, 15) is 0 Å².